The topological polar surface area (TPSA) is 87.2 Å². The Bertz CT molecular complexity index is 736. The molecule has 0 aliphatic carbocycles. The van der Waals surface area contributed by atoms with Gasteiger partial charge in [-0.15, -0.1) is 0 Å². The van der Waals surface area contributed by atoms with Gasteiger partial charge in [0.25, 0.3) is 0 Å². The Balaban J connectivity index is 2.25. The first-order valence-corrected chi connectivity index (χ1v) is 7.51. The molecule has 9 heteroatoms. The van der Waals surface area contributed by atoms with Crippen molar-refractivity contribution in [3.8, 4) is 5.75 Å². The van der Waals surface area contributed by atoms with Gasteiger partial charge >= 0.3 is 0 Å². The lowest BCUT2D eigenvalue weighted by Gasteiger charge is -2.10. The Labute approximate surface area is 120 Å². The minimum absolute atomic E-state index is 0.101. The third-order valence-electron chi connectivity index (χ3n) is 2.80. The lowest BCUT2D eigenvalue weighted by Crippen LogP contribution is -2.13. The van der Waals surface area contributed by atoms with Gasteiger partial charge in [-0.2, -0.15) is 0 Å². The zero-order chi connectivity index (χ0) is 15.6. The number of nitrogens with zero attached hydrogens (tertiary/aromatic N) is 2. The van der Waals surface area contributed by atoms with E-state index in [1.807, 2.05) is 6.92 Å². The zero-order valence-electron chi connectivity index (χ0n) is 11.1. The van der Waals surface area contributed by atoms with E-state index in [0.29, 0.717) is 24.4 Å². The van der Waals surface area contributed by atoms with Crippen molar-refractivity contribution in [3.63, 3.8) is 0 Å². The second kappa shape index (κ2) is 5.78. The molecule has 0 bridgehead atoms. The number of aryl methyl sites for hydroxylation is 1. The van der Waals surface area contributed by atoms with E-state index < -0.39 is 32.3 Å². The fraction of sp³-hybridized carbons (Fsp3) is 0.250. The van der Waals surface area contributed by atoms with Crippen LogP contribution in [0.3, 0.4) is 0 Å². The van der Waals surface area contributed by atoms with Crippen molar-refractivity contribution in [2.45, 2.75) is 25.0 Å². The van der Waals surface area contributed by atoms with Crippen molar-refractivity contribution in [2.24, 2.45) is 5.14 Å². The summed E-state index contributed by atoms with van der Waals surface area (Å²) < 4.78 is 56.4. The number of hydrogen-bond acceptors (Lipinski definition) is 4. The highest BCUT2D eigenvalue weighted by Crippen LogP contribution is 2.25. The predicted octanol–water partition coefficient (Wildman–Crippen LogP) is 1.41. The minimum Gasteiger partial charge on any atom is -0.481 e. The molecule has 0 atom stereocenters. The molecule has 0 saturated heterocycles. The van der Waals surface area contributed by atoms with Crippen LogP contribution in [0.1, 0.15) is 12.6 Å². The van der Waals surface area contributed by atoms with Crippen molar-refractivity contribution in [2.75, 3.05) is 0 Å². The molecular formula is C12H13F2N3O3S. The molecule has 2 N–H and O–H groups in total. The summed E-state index contributed by atoms with van der Waals surface area (Å²) in [5.41, 5.74) is 0.631. The Morgan fingerprint density at radius 3 is 2.48 bits per heavy atom. The van der Waals surface area contributed by atoms with Crippen molar-refractivity contribution >= 4 is 10.0 Å². The summed E-state index contributed by atoms with van der Waals surface area (Å²) in [4.78, 5) is 3.25. The molecule has 114 valence electrons. The Morgan fingerprint density at radius 2 is 1.95 bits per heavy atom. The van der Waals surface area contributed by atoms with Crippen LogP contribution in [0.4, 0.5) is 8.78 Å². The minimum atomic E-state index is -4.18. The van der Waals surface area contributed by atoms with E-state index in [0.717, 1.165) is 0 Å². The normalized spacial score (nSPS) is 11.6. The van der Waals surface area contributed by atoms with E-state index in [1.54, 1.807) is 10.9 Å². The monoisotopic (exact) mass is 317 g/mol. The third kappa shape index (κ3) is 3.37. The molecule has 0 amide bonds. The summed E-state index contributed by atoms with van der Waals surface area (Å²) in [5, 5.41) is 4.82. The summed E-state index contributed by atoms with van der Waals surface area (Å²) in [6.45, 7) is 2.41. The first-order chi connectivity index (χ1) is 9.82. The third-order valence-corrected chi connectivity index (χ3v) is 3.70. The number of sulfonamides is 1. The van der Waals surface area contributed by atoms with Crippen LogP contribution in [-0.4, -0.2) is 18.0 Å². The molecule has 6 nitrogen and oxygen atoms in total. The van der Waals surface area contributed by atoms with Gasteiger partial charge in [-0.1, -0.05) is 0 Å². The van der Waals surface area contributed by atoms with Gasteiger partial charge in [0.15, 0.2) is 17.4 Å². The number of rotatable bonds is 5. The molecule has 1 heterocycles. The lowest BCUT2D eigenvalue weighted by atomic mass is 10.3. The van der Waals surface area contributed by atoms with Crippen LogP contribution < -0.4 is 9.88 Å². The van der Waals surface area contributed by atoms with Crippen LogP contribution in [0.25, 0.3) is 0 Å². The number of primary sulfonamides is 1. The predicted molar refractivity (Wildman–Crippen MR) is 70.0 cm³/mol. The van der Waals surface area contributed by atoms with Crippen LogP contribution in [0.5, 0.6) is 5.75 Å². The number of nitrogens with two attached hydrogens (primary N) is 1. The molecule has 0 radical (unpaired) electrons. The second-order valence-corrected chi connectivity index (χ2v) is 5.78. The summed E-state index contributed by atoms with van der Waals surface area (Å²) in [7, 11) is -4.18. The van der Waals surface area contributed by atoms with Crippen LogP contribution in [0, 0.1) is 11.6 Å². The maximum atomic E-state index is 13.7. The van der Waals surface area contributed by atoms with E-state index in [9.17, 15) is 17.2 Å². The maximum absolute atomic E-state index is 13.7. The average molecular weight is 317 g/mol. The Kier molecular flexibility index (Phi) is 4.24. The van der Waals surface area contributed by atoms with Crippen LogP contribution in [0.15, 0.2) is 29.6 Å². The molecule has 0 spiro atoms. The van der Waals surface area contributed by atoms with Crippen LogP contribution in [0.2, 0.25) is 0 Å². The second-order valence-electron chi connectivity index (χ2n) is 4.22. The van der Waals surface area contributed by atoms with Crippen molar-refractivity contribution < 1.29 is 21.9 Å². The molecule has 2 rings (SSSR count). The largest absolute Gasteiger partial charge is 0.481 e. The Hall–Kier alpha value is -2.00. The van der Waals surface area contributed by atoms with Gasteiger partial charge in [0.1, 0.15) is 6.61 Å². The van der Waals surface area contributed by atoms with E-state index in [2.05, 4.69) is 4.98 Å². The molecule has 0 aliphatic heterocycles. The molecule has 0 aliphatic rings. The summed E-state index contributed by atoms with van der Waals surface area (Å²) in [5.74, 6) is -2.94. The van der Waals surface area contributed by atoms with Crippen molar-refractivity contribution in [1.29, 1.82) is 0 Å². The van der Waals surface area contributed by atoms with Gasteiger partial charge in [0.2, 0.25) is 10.0 Å². The highest BCUT2D eigenvalue weighted by atomic mass is 32.2. The standard InChI is InChI=1S/C12H13F2N3O3S/c1-2-17-7-16-5-8(17)6-20-12-10(13)3-9(4-11(12)14)21(15,18)19/h3-5,7H,2,6H2,1H3,(H2,15,18,19). The van der Waals surface area contributed by atoms with Gasteiger partial charge in [-0.25, -0.2) is 27.3 Å². The molecule has 21 heavy (non-hydrogen) atoms. The average Bonchev–Trinajstić information content (AvgIpc) is 2.84. The first kappa shape index (κ1) is 15.4. The van der Waals surface area contributed by atoms with E-state index >= 15 is 0 Å². The summed E-state index contributed by atoms with van der Waals surface area (Å²) in [6, 6.07) is 1.23. The van der Waals surface area contributed by atoms with Gasteiger partial charge in [0, 0.05) is 6.54 Å². The van der Waals surface area contributed by atoms with E-state index in [4.69, 9.17) is 9.88 Å². The van der Waals surface area contributed by atoms with Crippen molar-refractivity contribution in [3.05, 3.63) is 42.0 Å². The van der Waals surface area contributed by atoms with Crippen LogP contribution >= 0.6 is 0 Å². The molecule has 0 unspecified atom stereocenters. The molecule has 2 aromatic rings. The quantitative estimate of drug-likeness (QED) is 0.903. The lowest BCUT2D eigenvalue weighted by molar-refractivity contribution is 0.265. The first-order valence-electron chi connectivity index (χ1n) is 5.96. The number of halogens is 2. The number of benzene rings is 1. The van der Waals surface area contributed by atoms with Gasteiger partial charge < -0.3 is 9.30 Å². The van der Waals surface area contributed by atoms with Gasteiger partial charge in [-0.05, 0) is 19.1 Å². The fourth-order valence-electron chi connectivity index (χ4n) is 1.74. The van der Waals surface area contributed by atoms with Crippen molar-refractivity contribution in [1.82, 2.24) is 9.55 Å². The SMILES string of the molecule is CCn1cncc1COc1c(F)cc(S(N)(=O)=O)cc1F. The number of hydrogen-bond donors (Lipinski definition) is 1. The molecule has 1 aromatic heterocycles. The van der Waals surface area contributed by atoms with Crippen LogP contribution in [-0.2, 0) is 23.2 Å². The number of imidazole rings is 1. The van der Waals surface area contributed by atoms with E-state index in [-0.39, 0.29) is 6.61 Å². The molecule has 0 saturated carbocycles. The number of ether oxygens (including phenoxy) is 1. The molecule has 1 aromatic carbocycles. The highest BCUT2D eigenvalue weighted by molar-refractivity contribution is 7.89. The van der Waals surface area contributed by atoms with E-state index in [1.165, 1.54) is 6.20 Å². The van der Waals surface area contributed by atoms with Gasteiger partial charge in [0.05, 0.1) is 23.1 Å². The highest BCUT2D eigenvalue weighted by Gasteiger charge is 2.18. The Morgan fingerprint density at radius 1 is 1.33 bits per heavy atom. The maximum Gasteiger partial charge on any atom is 0.238 e. The van der Waals surface area contributed by atoms with Gasteiger partial charge in [-0.3, -0.25) is 0 Å². The zero-order valence-corrected chi connectivity index (χ0v) is 11.9. The summed E-state index contributed by atoms with van der Waals surface area (Å²) in [6.07, 6.45) is 3.08. The molecular weight excluding hydrogens is 304 g/mol. The summed E-state index contributed by atoms with van der Waals surface area (Å²) >= 11 is 0. The number of aromatic nitrogens is 2. The fourth-order valence-corrected chi connectivity index (χ4v) is 2.27. The smallest absolute Gasteiger partial charge is 0.238 e. The molecule has 0 fully saturated rings.